The molecule has 1 amide bonds. The zero-order valence-corrected chi connectivity index (χ0v) is 22.0. The third-order valence-corrected chi connectivity index (χ3v) is 8.60. The molecule has 6 nitrogen and oxygen atoms in total. The van der Waals surface area contributed by atoms with E-state index in [0.29, 0.717) is 12.8 Å². The molecule has 6 heteroatoms. The Morgan fingerprint density at radius 3 is 2.56 bits per heavy atom. The van der Waals surface area contributed by atoms with Crippen LogP contribution in [-0.2, 0) is 22.6 Å². The van der Waals surface area contributed by atoms with Crippen LogP contribution in [0.15, 0.2) is 73.1 Å². The SMILES string of the molecule is O=C1CCC(C(=O)N2CCN(Cc3ccc(-c4cnc5c(c4)C(c4ccc6[nH]ccc6c4)=CC5)cc3)CC2)C1. The molecule has 4 aromatic rings. The van der Waals surface area contributed by atoms with Crippen molar-refractivity contribution in [2.75, 3.05) is 26.2 Å². The van der Waals surface area contributed by atoms with Gasteiger partial charge in [-0.25, -0.2) is 0 Å². The number of carbonyl (C=O) groups excluding carboxylic acids is 2. The summed E-state index contributed by atoms with van der Waals surface area (Å²) in [6.07, 6.45) is 8.86. The minimum atomic E-state index is -0.0836. The Morgan fingerprint density at radius 1 is 0.949 bits per heavy atom. The van der Waals surface area contributed by atoms with Gasteiger partial charge in [0, 0.05) is 86.9 Å². The number of amides is 1. The number of allylic oxidation sites excluding steroid dienone is 1. The van der Waals surface area contributed by atoms with Crippen LogP contribution >= 0.6 is 0 Å². The van der Waals surface area contributed by atoms with E-state index in [9.17, 15) is 9.59 Å². The summed E-state index contributed by atoms with van der Waals surface area (Å²) in [6, 6.07) is 19.8. The minimum absolute atomic E-state index is 0.0836. The molecule has 1 aliphatic heterocycles. The van der Waals surface area contributed by atoms with E-state index in [0.717, 1.165) is 62.3 Å². The van der Waals surface area contributed by atoms with E-state index in [1.165, 1.54) is 33.2 Å². The number of nitrogens with one attached hydrogen (secondary N) is 1. The number of pyridine rings is 1. The molecular formula is C33H32N4O2. The van der Waals surface area contributed by atoms with Gasteiger partial charge in [-0.15, -0.1) is 0 Å². The Labute approximate surface area is 228 Å². The molecule has 0 bridgehead atoms. The predicted molar refractivity (Wildman–Crippen MR) is 153 cm³/mol. The predicted octanol–water partition coefficient (Wildman–Crippen LogP) is 5.23. The molecule has 7 rings (SSSR count). The van der Waals surface area contributed by atoms with E-state index in [1.54, 1.807) is 0 Å². The molecule has 2 aromatic carbocycles. The smallest absolute Gasteiger partial charge is 0.226 e. The number of ketones is 1. The molecule has 39 heavy (non-hydrogen) atoms. The highest BCUT2D eigenvalue weighted by Crippen LogP contribution is 2.35. The minimum Gasteiger partial charge on any atom is -0.361 e. The number of aromatic amines is 1. The summed E-state index contributed by atoms with van der Waals surface area (Å²) >= 11 is 0. The van der Waals surface area contributed by atoms with Crippen molar-refractivity contribution in [1.29, 1.82) is 0 Å². The first-order chi connectivity index (χ1) is 19.1. The van der Waals surface area contributed by atoms with Crippen LogP contribution in [0.25, 0.3) is 27.6 Å². The Kier molecular flexibility index (Phi) is 6.12. The molecule has 3 heterocycles. The number of carbonyl (C=O) groups is 2. The number of rotatable bonds is 5. The fourth-order valence-corrected chi connectivity index (χ4v) is 6.32. The summed E-state index contributed by atoms with van der Waals surface area (Å²) in [6.45, 7) is 4.10. The fourth-order valence-electron chi connectivity index (χ4n) is 6.32. The first-order valence-corrected chi connectivity index (χ1v) is 14.0. The maximum absolute atomic E-state index is 12.7. The molecule has 1 unspecified atom stereocenters. The summed E-state index contributed by atoms with van der Waals surface area (Å²) in [7, 11) is 0. The van der Waals surface area contributed by atoms with Crippen LogP contribution in [0, 0.1) is 5.92 Å². The highest BCUT2D eigenvalue weighted by atomic mass is 16.2. The summed E-state index contributed by atoms with van der Waals surface area (Å²) in [5.41, 5.74) is 9.58. The van der Waals surface area contributed by atoms with Crippen LogP contribution < -0.4 is 0 Å². The van der Waals surface area contributed by atoms with Gasteiger partial charge in [0.25, 0.3) is 0 Å². The van der Waals surface area contributed by atoms with Gasteiger partial charge in [-0.2, -0.15) is 0 Å². The van der Waals surface area contributed by atoms with Crippen molar-refractivity contribution in [2.45, 2.75) is 32.2 Å². The van der Waals surface area contributed by atoms with Crippen LogP contribution in [0.2, 0.25) is 0 Å². The number of aromatic nitrogens is 2. The molecule has 0 radical (unpaired) electrons. The van der Waals surface area contributed by atoms with E-state index < -0.39 is 0 Å². The third-order valence-electron chi connectivity index (χ3n) is 8.60. The summed E-state index contributed by atoms with van der Waals surface area (Å²) in [5.74, 6) is 0.327. The van der Waals surface area contributed by atoms with Crippen molar-refractivity contribution in [2.24, 2.45) is 5.92 Å². The molecule has 196 valence electrons. The number of H-pyrrole nitrogens is 1. The van der Waals surface area contributed by atoms with Gasteiger partial charge in [0.15, 0.2) is 0 Å². The van der Waals surface area contributed by atoms with Crippen molar-refractivity contribution in [1.82, 2.24) is 19.8 Å². The van der Waals surface area contributed by atoms with Crippen molar-refractivity contribution < 1.29 is 9.59 Å². The zero-order chi connectivity index (χ0) is 26.3. The maximum atomic E-state index is 12.7. The lowest BCUT2D eigenvalue weighted by Gasteiger charge is -2.36. The van der Waals surface area contributed by atoms with E-state index >= 15 is 0 Å². The van der Waals surface area contributed by atoms with Gasteiger partial charge in [0.2, 0.25) is 5.91 Å². The molecule has 1 N–H and O–H groups in total. The standard InChI is InChI=1S/C33H32N4O2/c38-28-7-5-26(18-28)33(39)37-15-13-36(14-16-37)21-22-1-3-23(4-2-22)27-19-30-29(8-10-32(30)35-20-27)24-6-9-31-25(17-24)11-12-34-31/h1-4,6,8-9,11-12,17,19-20,26,34H,5,7,10,13-16,18,21H2. The van der Waals surface area contributed by atoms with Crippen molar-refractivity contribution >= 4 is 28.2 Å². The topological polar surface area (TPSA) is 69.3 Å². The monoisotopic (exact) mass is 516 g/mol. The molecule has 2 aromatic heterocycles. The van der Waals surface area contributed by atoms with Crippen LogP contribution in [0.5, 0.6) is 0 Å². The van der Waals surface area contributed by atoms with E-state index in [2.05, 4.69) is 70.6 Å². The second kappa shape index (κ2) is 9.93. The number of hydrogen-bond donors (Lipinski definition) is 1. The van der Waals surface area contributed by atoms with Crippen LogP contribution in [0.4, 0.5) is 0 Å². The average molecular weight is 517 g/mol. The Bertz CT molecular complexity index is 1590. The summed E-state index contributed by atoms with van der Waals surface area (Å²) < 4.78 is 0. The van der Waals surface area contributed by atoms with Crippen molar-refractivity contribution in [3.8, 4) is 11.1 Å². The van der Waals surface area contributed by atoms with E-state index in [4.69, 9.17) is 4.98 Å². The molecule has 2 aliphatic carbocycles. The molecular weight excluding hydrogens is 484 g/mol. The highest BCUT2D eigenvalue weighted by Gasteiger charge is 2.32. The lowest BCUT2D eigenvalue weighted by molar-refractivity contribution is -0.137. The Balaban J connectivity index is 1.01. The van der Waals surface area contributed by atoms with Gasteiger partial charge in [0.05, 0.1) is 5.69 Å². The van der Waals surface area contributed by atoms with Gasteiger partial charge in [-0.05, 0) is 58.3 Å². The van der Waals surface area contributed by atoms with Crippen LogP contribution in [0.3, 0.4) is 0 Å². The van der Waals surface area contributed by atoms with Crippen LogP contribution in [-0.4, -0.2) is 57.6 Å². The normalized spacial score (nSPS) is 19.5. The number of Topliss-reactive ketones (excluding diaryl/α,β-unsaturated/α-hetero) is 1. The number of hydrogen-bond acceptors (Lipinski definition) is 4. The molecule has 1 saturated carbocycles. The van der Waals surface area contributed by atoms with Gasteiger partial charge in [-0.3, -0.25) is 19.5 Å². The first-order valence-electron chi connectivity index (χ1n) is 14.0. The average Bonchev–Trinajstić information content (AvgIpc) is 3.72. The van der Waals surface area contributed by atoms with Crippen molar-refractivity contribution in [3.05, 3.63) is 95.5 Å². The largest absolute Gasteiger partial charge is 0.361 e. The second-order valence-corrected chi connectivity index (χ2v) is 11.1. The van der Waals surface area contributed by atoms with Gasteiger partial charge < -0.3 is 9.88 Å². The van der Waals surface area contributed by atoms with Crippen molar-refractivity contribution in [3.63, 3.8) is 0 Å². The second-order valence-electron chi connectivity index (χ2n) is 11.1. The highest BCUT2D eigenvalue weighted by molar-refractivity contribution is 5.91. The van der Waals surface area contributed by atoms with Gasteiger partial charge >= 0.3 is 0 Å². The van der Waals surface area contributed by atoms with Gasteiger partial charge in [-0.1, -0.05) is 36.4 Å². The van der Waals surface area contributed by atoms with Crippen LogP contribution in [0.1, 0.15) is 41.6 Å². The molecule has 2 fully saturated rings. The fraction of sp³-hybridized carbons (Fsp3) is 0.303. The Hall–Kier alpha value is -4.03. The van der Waals surface area contributed by atoms with Gasteiger partial charge in [0.1, 0.15) is 5.78 Å². The zero-order valence-electron chi connectivity index (χ0n) is 22.0. The number of benzene rings is 2. The number of fused-ring (bicyclic) bond motifs is 2. The molecule has 1 atom stereocenters. The summed E-state index contributed by atoms with van der Waals surface area (Å²) in [5, 5.41) is 1.22. The lowest BCUT2D eigenvalue weighted by Crippen LogP contribution is -2.49. The molecule has 1 saturated heterocycles. The number of nitrogens with zero attached hydrogens (tertiary/aromatic N) is 3. The lowest BCUT2D eigenvalue weighted by atomic mass is 9.97. The first kappa shape index (κ1) is 24.0. The van der Waals surface area contributed by atoms with E-state index in [1.807, 2.05) is 17.3 Å². The van der Waals surface area contributed by atoms with E-state index in [-0.39, 0.29) is 17.6 Å². The molecule has 0 spiro atoms. The molecule has 3 aliphatic rings. The Morgan fingerprint density at radius 2 is 1.77 bits per heavy atom. The number of piperazine rings is 1. The third kappa shape index (κ3) is 4.70. The quantitative estimate of drug-likeness (QED) is 0.394. The maximum Gasteiger partial charge on any atom is 0.226 e. The summed E-state index contributed by atoms with van der Waals surface area (Å²) in [4.78, 5) is 36.8.